The molecule has 2 N–H and O–H groups in total. The summed E-state index contributed by atoms with van der Waals surface area (Å²) < 4.78 is 0. The van der Waals surface area contributed by atoms with Gasteiger partial charge in [0.25, 0.3) is 0 Å². The molecular formula is C42H31N7. The molecule has 0 atom stereocenters. The van der Waals surface area contributed by atoms with Crippen LogP contribution in [0.2, 0.25) is 0 Å². The molecule has 0 spiro atoms. The standard InChI is InChI=1S/C42H31N7/c1-3-5-27(6-4-2)39-31-7-9-33(46-31)40(28-15-21-43-22-16-28)35-11-13-37(48-35)42(30-19-25-45-26-20-30)38-14-12-36(49-38)41(29-17-23-44-24-18-29)34-10-8-32(39)47-34/h3-26,46,49H,1H2,2H3/b6-4-,27-5+,39-31?,39-32?,40-33?,40-35?,41-34?,41-36?,42-37?,42-38?. The lowest BCUT2D eigenvalue weighted by molar-refractivity contribution is 1.29. The zero-order valence-electron chi connectivity index (χ0n) is 26.8. The van der Waals surface area contributed by atoms with Gasteiger partial charge in [0.2, 0.25) is 0 Å². The van der Waals surface area contributed by atoms with Gasteiger partial charge < -0.3 is 9.97 Å². The minimum absolute atomic E-state index is 0.836. The van der Waals surface area contributed by atoms with Gasteiger partial charge in [0, 0.05) is 81.5 Å². The van der Waals surface area contributed by atoms with Gasteiger partial charge >= 0.3 is 0 Å². The Balaban J connectivity index is 1.59. The second-order valence-corrected chi connectivity index (χ2v) is 11.6. The number of pyridine rings is 3. The van der Waals surface area contributed by atoms with E-state index in [9.17, 15) is 0 Å². The van der Waals surface area contributed by atoms with Crippen LogP contribution in [-0.2, 0) is 0 Å². The molecule has 0 unspecified atom stereocenters. The summed E-state index contributed by atoms with van der Waals surface area (Å²) >= 11 is 0. The average Bonchev–Trinajstić information content (AvgIpc) is 3.97. The van der Waals surface area contributed by atoms with Gasteiger partial charge in [0.05, 0.1) is 22.8 Å². The summed E-state index contributed by atoms with van der Waals surface area (Å²) in [6, 6.07) is 20.5. The molecule has 8 rings (SSSR count). The van der Waals surface area contributed by atoms with E-state index >= 15 is 0 Å². The van der Waals surface area contributed by atoms with Crippen molar-refractivity contribution in [2.75, 3.05) is 0 Å². The Labute approximate surface area is 283 Å². The van der Waals surface area contributed by atoms with Gasteiger partial charge in [-0.2, -0.15) is 0 Å². The Bertz CT molecular complexity index is 2460. The van der Waals surface area contributed by atoms with E-state index < -0.39 is 0 Å². The Hall–Kier alpha value is -6.73. The first kappa shape index (κ1) is 29.7. The van der Waals surface area contributed by atoms with Crippen LogP contribution in [0.5, 0.6) is 0 Å². The number of allylic oxidation sites excluding steroid dienone is 5. The van der Waals surface area contributed by atoms with E-state index in [1.54, 1.807) is 0 Å². The van der Waals surface area contributed by atoms with Crippen molar-refractivity contribution in [3.63, 3.8) is 0 Å². The SMILES string of the molecule is C=C/C=C(\C=C/C)c1c2nc(c(-c3ccncc3)c3ccc([nH]3)c(-c3ccncc3)c3nc(c(-c4ccncc4)c4ccc1[nH]4)C=C3)C=C2. The number of H-pyrrole nitrogens is 2. The third-order valence-corrected chi connectivity index (χ3v) is 8.59. The fourth-order valence-electron chi connectivity index (χ4n) is 6.50. The van der Waals surface area contributed by atoms with E-state index in [0.717, 1.165) is 89.4 Å². The highest BCUT2D eigenvalue weighted by atomic mass is 14.8. The number of hydrogen-bond donors (Lipinski definition) is 2. The first-order valence-corrected chi connectivity index (χ1v) is 16.0. The number of rotatable bonds is 6. The Morgan fingerprint density at radius 1 is 0.531 bits per heavy atom. The number of nitrogens with one attached hydrogen (secondary N) is 2. The number of aromatic amines is 2. The molecule has 0 aliphatic carbocycles. The molecule has 0 saturated heterocycles. The van der Waals surface area contributed by atoms with E-state index in [2.05, 4.69) is 86.1 Å². The van der Waals surface area contributed by atoms with Crippen molar-refractivity contribution < 1.29 is 0 Å². The third kappa shape index (κ3) is 5.53. The molecule has 8 bridgehead atoms. The molecule has 49 heavy (non-hydrogen) atoms. The van der Waals surface area contributed by atoms with Gasteiger partial charge in [-0.3, -0.25) is 15.0 Å². The predicted molar refractivity (Wildman–Crippen MR) is 202 cm³/mol. The Morgan fingerprint density at radius 3 is 1.35 bits per heavy atom. The molecule has 6 aromatic rings. The molecule has 2 aliphatic rings. The lowest BCUT2D eigenvalue weighted by Gasteiger charge is -2.07. The summed E-state index contributed by atoms with van der Waals surface area (Å²) in [6.45, 7) is 6.03. The van der Waals surface area contributed by atoms with Crippen molar-refractivity contribution in [3.8, 4) is 33.4 Å². The zero-order valence-corrected chi connectivity index (χ0v) is 26.8. The van der Waals surface area contributed by atoms with E-state index in [1.807, 2.05) is 98.7 Å². The summed E-state index contributed by atoms with van der Waals surface area (Å²) in [7, 11) is 0. The molecule has 0 aromatic carbocycles. The molecule has 2 aliphatic heterocycles. The number of aromatic nitrogens is 7. The van der Waals surface area contributed by atoms with Crippen LogP contribution >= 0.6 is 0 Å². The minimum atomic E-state index is 0.836. The van der Waals surface area contributed by atoms with Gasteiger partial charge in [0.15, 0.2) is 0 Å². The van der Waals surface area contributed by atoms with Crippen LogP contribution in [0.1, 0.15) is 35.3 Å². The summed E-state index contributed by atoms with van der Waals surface area (Å²) in [4.78, 5) is 31.0. The maximum absolute atomic E-state index is 5.31. The van der Waals surface area contributed by atoms with Crippen LogP contribution in [-0.4, -0.2) is 34.9 Å². The molecule has 0 fully saturated rings. The van der Waals surface area contributed by atoms with Crippen molar-refractivity contribution in [1.29, 1.82) is 0 Å². The molecule has 0 saturated carbocycles. The molecule has 7 heteroatoms. The highest BCUT2D eigenvalue weighted by molar-refractivity contribution is 5.99. The molecule has 8 heterocycles. The number of fused-ring (bicyclic) bond motifs is 8. The Morgan fingerprint density at radius 2 is 0.918 bits per heavy atom. The van der Waals surface area contributed by atoms with Gasteiger partial charge in [-0.1, -0.05) is 30.9 Å². The smallest absolute Gasteiger partial charge is 0.0737 e. The maximum Gasteiger partial charge on any atom is 0.0737 e. The highest BCUT2D eigenvalue weighted by Crippen LogP contribution is 2.37. The number of hydrogen-bond acceptors (Lipinski definition) is 5. The third-order valence-electron chi connectivity index (χ3n) is 8.59. The van der Waals surface area contributed by atoms with E-state index in [4.69, 9.17) is 9.97 Å². The molecule has 234 valence electrons. The molecule has 0 amide bonds. The maximum atomic E-state index is 5.31. The lowest BCUT2D eigenvalue weighted by atomic mass is 10.0. The second kappa shape index (κ2) is 12.8. The molecule has 7 nitrogen and oxygen atoms in total. The quantitative estimate of drug-likeness (QED) is 0.178. The molecule has 0 radical (unpaired) electrons. The first-order valence-electron chi connectivity index (χ1n) is 16.0. The van der Waals surface area contributed by atoms with Crippen molar-refractivity contribution in [2.45, 2.75) is 6.92 Å². The van der Waals surface area contributed by atoms with E-state index in [1.165, 1.54) is 0 Å². The van der Waals surface area contributed by atoms with Crippen molar-refractivity contribution in [3.05, 3.63) is 157 Å². The van der Waals surface area contributed by atoms with Gasteiger partial charge in [-0.25, -0.2) is 9.97 Å². The Kier molecular flexibility index (Phi) is 7.76. The van der Waals surface area contributed by atoms with Crippen molar-refractivity contribution in [2.24, 2.45) is 0 Å². The topological polar surface area (TPSA) is 96.0 Å². The van der Waals surface area contributed by atoms with Crippen LogP contribution in [0.15, 0.2) is 129 Å². The normalized spacial score (nSPS) is 12.6. The number of nitrogens with zero attached hydrogens (tertiary/aromatic N) is 5. The van der Waals surface area contributed by atoms with Gasteiger partial charge in [0.1, 0.15) is 0 Å². The molecule has 6 aromatic heterocycles. The fraction of sp³-hybridized carbons (Fsp3) is 0.0238. The summed E-state index contributed by atoms with van der Waals surface area (Å²) in [5.74, 6) is 0. The van der Waals surface area contributed by atoms with Gasteiger partial charge in [-0.15, -0.1) is 0 Å². The van der Waals surface area contributed by atoms with E-state index in [0.29, 0.717) is 0 Å². The van der Waals surface area contributed by atoms with Gasteiger partial charge in [-0.05, 0) is 114 Å². The lowest BCUT2D eigenvalue weighted by Crippen LogP contribution is -1.91. The van der Waals surface area contributed by atoms with Crippen LogP contribution in [0.4, 0.5) is 0 Å². The van der Waals surface area contributed by atoms with Crippen LogP contribution in [0, 0.1) is 0 Å². The summed E-state index contributed by atoms with van der Waals surface area (Å²) in [5.41, 5.74) is 14.9. The van der Waals surface area contributed by atoms with Crippen LogP contribution in [0.3, 0.4) is 0 Å². The molecular weight excluding hydrogens is 603 g/mol. The van der Waals surface area contributed by atoms with Crippen LogP contribution in [0.25, 0.3) is 85.3 Å². The zero-order chi connectivity index (χ0) is 33.2. The van der Waals surface area contributed by atoms with Crippen LogP contribution < -0.4 is 0 Å². The van der Waals surface area contributed by atoms with Crippen molar-refractivity contribution >= 4 is 51.9 Å². The largest absolute Gasteiger partial charge is 0.354 e. The minimum Gasteiger partial charge on any atom is -0.354 e. The second-order valence-electron chi connectivity index (χ2n) is 11.6. The first-order chi connectivity index (χ1) is 24.2. The fourth-order valence-corrected chi connectivity index (χ4v) is 6.50. The predicted octanol–water partition coefficient (Wildman–Crippen LogP) is 9.99. The highest BCUT2D eigenvalue weighted by Gasteiger charge is 2.19. The average molecular weight is 634 g/mol. The van der Waals surface area contributed by atoms with E-state index in [-0.39, 0.29) is 0 Å². The summed E-state index contributed by atoms with van der Waals surface area (Å²) in [6.07, 6.45) is 27.1. The van der Waals surface area contributed by atoms with Crippen molar-refractivity contribution in [1.82, 2.24) is 34.9 Å². The summed E-state index contributed by atoms with van der Waals surface area (Å²) in [5, 5.41) is 0. The monoisotopic (exact) mass is 633 g/mol.